The van der Waals surface area contributed by atoms with Crippen molar-refractivity contribution in [3.05, 3.63) is 23.8 Å². The number of hydrogen-bond donors (Lipinski definition) is 2. The van der Waals surface area contributed by atoms with Gasteiger partial charge in [0.2, 0.25) is 0 Å². The minimum atomic E-state index is -0.594. The Morgan fingerprint density at radius 2 is 1.75 bits per heavy atom. The Hall–Kier alpha value is -2.44. The van der Waals surface area contributed by atoms with Crippen LogP contribution in [0.1, 0.15) is 65.9 Å². The van der Waals surface area contributed by atoms with E-state index in [0.29, 0.717) is 24.5 Å². The van der Waals surface area contributed by atoms with E-state index in [1.54, 1.807) is 11.0 Å². The van der Waals surface area contributed by atoms with Gasteiger partial charge in [0.1, 0.15) is 11.2 Å². The summed E-state index contributed by atoms with van der Waals surface area (Å²) in [4.78, 5) is 26.4. The number of ether oxygens (including phenoxy) is 2. The molecular formula is C21H33N3O4. The van der Waals surface area contributed by atoms with Gasteiger partial charge < -0.3 is 20.1 Å². The lowest BCUT2D eigenvalue weighted by molar-refractivity contribution is 0.0198. The lowest BCUT2D eigenvalue weighted by Gasteiger charge is -2.35. The van der Waals surface area contributed by atoms with Crippen LogP contribution < -0.4 is 11.1 Å². The van der Waals surface area contributed by atoms with Gasteiger partial charge in [-0.1, -0.05) is 6.07 Å². The summed E-state index contributed by atoms with van der Waals surface area (Å²) in [5, 5.41) is 2.81. The van der Waals surface area contributed by atoms with Crippen LogP contribution in [-0.2, 0) is 9.47 Å². The third-order valence-electron chi connectivity index (χ3n) is 4.23. The van der Waals surface area contributed by atoms with Gasteiger partial charge in [-0.2, -0.15) is 0 Å². The zero-order valence-corrected chi connectivity index (χ0v) is 17.8. The van der Waals surface area contributed by atoms with Crippen LogP contribution in [0.15, 0.2) is 18.2 Å². The Morgan fingerprint density at radius 3 is 2.36 bits per heavy atom. The molecule has 2 rings (SSSR count). The molecule has 7 heteroatoms. The van der Waals surface area contributed by atoms with Crippen molar-refractivity contribution in [3.63, 3.8) is 0 Å². The maximum atomic E-state index is 12.5. The fraction of sp³-hybridized carbons (Fsp3) is 0.619. The topological polar surface area (TPSA) is 93.9 Å². The number of amides is 2. The van der Waals surface area contributed by atoms with Crippen molar-refractivity contribution >= 4 is 23.6 Å². The number of rotatable bonds is 2. The molecule has 0 unspecified atom stereocenters. The van der Waals surface area contributed by atoms with Crippen LogP contribution in [0.3, 0.4) is 0 Å². The number of hydrogen-bond acceptors (Lipinski definition) is 5. The number of nitrogens with one attached hydrogen (secondary N) is 1. The molecule has 2 amide bonds. The molecule has 7 nitrogen and oxygen atoms in total. The molecule has 0 aliphatic carbocycles. The second kappa shape index (κ2) is 8.29. The van der Waals surface area contributed by atoms with Crippen LogP contribution in [0.2, 0.25) is 0 Å². The number of anilines is 2. The highest BCUT2D eigenvalue weighted by atomic mass is 16.6. The summed E-state index contributed by atoms with van der Waals surface area (Å²) in [5.74, 6) is 0.0757. The fourth-order valence-electron chi connectivity index (χ4n) is 3.18. The summed E-state index contributed by atoms with van der Waals surface area (Å²) in [6.45, 7) is 12.2. The molecule has 1 saturated heterocycles. The average molecular weight is 392 g/mol. The summed E-state index contributed by atoms with van der Waals surface area (Å²) in [5.41, 5.74) is 6.91. The predicted octanol–water partition coefficient (Wildman–Crippen LogP) is 4.73. The second-order valence-corrected chi connectivity index (χ2v) is 9.24. The van der Waals surface area contributed by atoms with E-state index in [4.69, 9.17) is 15.2 Å². The number of nitrogens with two attached hydrogens (primary N) is 1. The van der Waals surface area contributed by atoms with Crippen molar-refractivity contribution in [1.29, 1.82) is 0 Å². The third-order valence-corrected chi connectivity index (χ3v) is 4.23. The first-order valence-electron chi connectivity index (χ1n) is 9.71. The van der Waals surface area contributed by atoms with E-state index >= 15 is 0 Å². The zero-order valence-electron chi connectivity index (χ0n) is 17.8. The predicted molar refractivity (Wildman–Crippen MR) is 110 cm³/mol. The summed E-state index contributed by atoms with van der Waals surface area (Å²) < 4.78 is 10.9. The molecule has 3 N–H and O–H groups in total. The van der Waals surface area contributed by atoms with Crippen molar-refractivity contribution in [1.82, 2.24) is 4.90 Å². The molecule has 1 atom stereocenters. The summed E-state index contributed by atoms with van der Waals surface area (Å²) >= 11 is 0. The molecule has 0 saturated carbocycles. The Kier molecular flexibility index (Phi) is 6.47. The van der Waals surface area contributed by atoms with Crippen LogP contribution in [0.4, 0.5) is 21.0 Å². The summed E-state index contributed by atoms with van der Waals surface area (Å²) in [6.07, 6.45) is 0.931. The van der Waals surface area contributed by atoms with Crippen LogP contribution in [0, 0.1) is 0 Å². The number of likely N-dealkylation sites (tertiary alicyclic amines) is 1. The smallest absolute Gasteiger partial charge is 0.412 e. The molecule has 0 spiro atoms. The van der Waals surface area contributed by atoms with E-state index in [0.717, 1.165) is 18.4 Å². The number of nitrogens with zero attached hydrogens (tertiary/aromatic N) is 1. The molecule has 1 fully saturated rings. The number of carbonyl (C=O) groups excluding carboxylic acids is 2. The number of piperidine rings is 1. The molecule has 0 radical (unpaired) electrons. The van der Waals surface area contributed by atoms with Gasteiger partial charge in [0.25, 0.3) is 0 Å². The van der Waals surface area contributed by atoms with Crippen LogP contribution >= 0.6 is 0 Å². The lowest BCUT2D eigenvalue weighted by Crippen LogP contribution is -2.42. The van der Waals surface area contributed by atoms with Crippen LogP contribution in [0.25, 0.3) is 0 Å². The van der Waals surface area contributed by atoms with Crippen molar-refractivity contribution in [2.45, 2.75) is 71.5 Å². The first-order chi connectivity index (χ1) is 12.8. The summed E-state index contributed by atoms with van der Waals surface area (Å²) in [6, 6.07) is 5.44. The Labute approximate surface area is 167 Å². The molecule has 0 bridgehead atoms. The average Bonchev–Trinajstić information content (AvgIpc) is 2.51. The maximum Gasteiger partial charge on any atom is 0.412 e. The molecule has 28 heavy (non-hydrogen) atoms. The molecule has 1 aliphatic heterocycles. The van der Waals surface area contributed by atoms with Crippen molar-refractivity contribution in [3.8, 4) is 0 Å². The first kappa shape index (κ1) is 21.9. The van der Waals surface area contributed by atoms with E-state index < -0.39 is 17.3 Å². The minimum Gasteiger partial charge on any atom is -0.444 e. The van der Waals surface area contributed by atoms with Gasteiger partial charge in [-0.15, -0.1) is 0 Å². The molecule has 1 aromatic rings. The fourth-order valence-corrected chi connectivity index (χ4v) is 3.18. The molecule has 156 valence electrons. The standard InChI is InChI=1S/C21H33N3O4/c1-20(2,3)27-18(25)23-17-12-15(22)9-10-16(17)14-8-7-11-24(13-14)19(26)28-21(4,5)6/h9-10,12,14H,7-8,11,13,22H2,1-6H3,(H,23,25)/t14-/m1/s1. The quantitative estimate of drug-likeness (QED) is 0.711. The monoisotopic (exact) mass is 391 g/mol. The van der Waals surface area contributed by atoms with E-state index in [1.165, 1.54) is 0 Å². The normalized spacial score (nSPS) is 17.8. The number of carbonyl (C=O) groups is 2. The lowest BCUT2D eigenvalue weighted by atomic mass is 9.89. The second-order valence-electron chi connectivity index (χ2n) is 9.24. The van der Waals surface area contributed by atoms with E-state index in [1.807, 2.05) is 53.7 Å². The highest BCUT2D eigenvalue weighted by Gasteiger charge is 2.30. The van der Waals surface area contributed by atoms with E-state index in [2.05, 4.69) is 5.32 Å². The molecule has 1 heterocycles. The van der Waals surface area contributed by atoms with Gasteiger partial charge in [-0.3, -0.25) is 5.32 Å². The van der Waals surface area contributed by atoms with Gasteiger partial charge in [0.15, 0.2) is 0 Å². The first-order valence-corrected chi connectivity index (χ1v) is 9.71. The van der Waals surface area contributed by atoms with Crippen LogP contribution in [0.5, 0.6) is 0 Å². The Balaban J connectivity index is 2.17. The Bertz CT molecular complexity index is 719. The van der Waals surface area contributed by atoms with Crippen LogP contribution in [-0.4, -0.2) is 41.4 Å². The van der Waals surface area contributed by atoms with Crippen molar-refractivity contribution in [2.24, 2.45) is 0 Å². The van der Waals surface area contributed by atoms with Gasteiger partial charge in [-0.05, 0) is 72.1 Å². The molecule has 0 aromatic heterocycles. The van der Waals surface area contributed by atoms with Crippen molar-refractivity contribution < 1.29 is 19.1 Å². The highest BCUT2D eigenvalue weighted by Crippen LogP contribution is 2.34. The van der Waals surface area contributed by atoms with E-state index in [9.17, 15) is 9.59 Å². The number of nitrogen functional groups attached to an aromatic ring is 1. The van der Waals surface area contributed by atoms with Gasteiger partial charge in [0, 0.05) is 30.4 Å². The maximum absolute atomic E-state index is 12.5. The third kappa shape index (κ3) is 6.62. The molecule has 1 aliphatic rings. The zero-order chi connectivity index (χ0) is 21.1. The van der Waals surface area contributed by atoms with E-state index in [-0.39, 0.29) is 12.0 Å². The largest absolute Gasteiger partial charge is 0.444 e. The highest BCUT2D eigenvalue weighted by molar-refractivity contribution is 5.87. The minimum absolute atomic E-state index is 0.0757. The van der Waals surface area contributed by atoms with Crippen molar-refractivity contribution in [2.75, 3.05) is 24.1 Å². The van der Waals surface area contributed by atoms with Gasteiger partial charge >= 0.3 is 12.2 Å². The molecular weight excluding hydrogens is 358 g/mol. The van der Waals surface area contributed by atoms with Gasteiger partial charge in [-0.25, -0.2) is 9.59 Å². The molecule has 1 aromatic carbocycles. The van der Waals surface area contributed by atoms with Gasteiger partial charge in [0.05, 0.1) is 0 Å². The number of benzene rings is 1. The Morgan fingerprint density at radius 1 is 1.11 bits per heavy atom. The SMILES string of the molecule is CC(C)(C)OC(=O)Nc1cc(N)ccc1[C@@H]1CCCN(C(=O)OC(C)(C)C)C1. The summed E-state index contributed by atoms with van der Waals surface area (Å²) in [7, 11) is 0.